The Morgan fingerprint density at radius 1 is 1.22 bits per heavy atom. The molecule has 0 N–H and O–H groups in total. The van der Waals surface area contributed by atoms with E-state index in [4.69, 9.17) is 4.74 Å². The zero-order chi connectivity index (χ0) is 15.6. The predicted molar refractivity (Wildman–Crippen MR) is 89.2 cm³/mol. The highest BCUT2D eigenvalue weighted by molar-refractivity contribution is 5.87. The molecule has 2 fully saturated rings. The third kappa shape index (κ3) is 2.83. The zero-order valence-electron chi connectivity index (χ0n) is 13.3. The fraction of sp³-hybridized carbons (Fsp3) is 0.474. The van der Waals surface area contributed by atoms with Gasteiger partial charge in [-0.3, -0.25) is 9.78 Å². The first-order valence-electron chi connectivity index (χ1n) is 8.56. The number of nitrogens with zero attached hydrogens (tertiary/aromatic N) is 2. The van der Waals surface area contributed by atoms with Crippen LogP contribution in [0.15, 0.2) is 36.5 Å². The average Bonchev–Trinajstić information content (AvgIpc) is 2.61. The van der Waals surface area contributed by atoms with E-state index in [2.05, 4.69) is 9.88 Å². The summed E-state index contributed by atoms with van der Waals surface area (Å²) in [5.74, 6) is 0.211. The molecule has 0 spiro atoms. The highest BCUT2D eigenvalue weighted by atomic mass is 16.5. The number of carbonyl (C=O) groups excluding carboxylic acids is 1. The highest BCUT2D eigenvalue weighted by Gasteiger charge is 2.36. The van der Waals surface area contributed by atoms with Crippen LogP contribution in [0.3, 0.4) is 0 Å². The van der Waals surface area contributed by atoms with Crippen LogP contribution < -0.4 is 0 Å². The molecule has 23 heavy (non-hydrogen) atoms. The number of rotatable bonds is 2. The van der Waals surface area contributed by atoms with Crippen molar-refractivity contribution in [2.24, 2.45) is 0 Å². The molecule has 0 radical (unpaired) electrons. The number of hydrogen-bond acceptors (Lipinski definition) is 3. The van der Waals surface area contributed by atoms with E-state index in [1.54, 1.807) is 6.20 Å². The summed E-state index contributed by atoms with van der Waals surface area (Å²) < 4.78 is 5.88. The molecule has 0 bridgehead atoms. The second-order valence-electron chi connectivity index (χ2n) is 6.52. The molecule has 1 aliphatic heterocycles. The monoisotopic (exact) mass is 310 g/mol. The van der Waals surface area contributed by atoms with E-state index in [9.17, 15) is 4.79 Å². The standard InChI is InChI=1S/C19H22N2O2/c22-18(21-11-12-23-17-9-2-1-8-16(17)21)13-15-6-3-5-14-7-4-10-20-19(14)15/h3-7,10,16-17H,1-2,8-9,11-13H2/t16-,17+/m1/s1. The van der Waals surface area contributed by atoms with Gasteiger partial charge in [0.15, 0.2) is 0 Å². The first-order chi connectivity index (χ1) is 11.3. The minimum atomic E-state index is 0.211. The molecule has 1 amide bonds. The molecule has 2 heterocycles. The van der Waals surface area contributed by atoms with Gasteiger partial charge in [0.05, 0.1) is 30.7 Å². The first-order valence-corrected chi connectivity index (χ1v) is 8.56. The van der Waals surface area contributed by atoms with Crippen LogP contribution in [-0.4, -0.2) is 41.1 Å². The van der Waals surface area contributed by atoms with Crippen LogP contribution in [0.5, 0.6) is 0 Å². The van der Waals surface area contributed by atoms with E-state index in [0.717, 1.165) is 35.9 Å². The summed E-state index contributed by atoms with van der Waals surface area (Å²) in [5.41, 5.74) is 1.96. The van der Waals surface area contributed by atoms with Crippen molar-refractivity contribution in [2.75, 3.05) is 13.2 Å². The fourth-order valence-electron chi connectivity index (χ4n) is 3.98. The Bertz CT molecular complexity index is 708. The number of ether oxygens (including phenoxy) is 1. The lowest BCUT2D eigenvalue weighted by Gasteiger charge is -2.43. The maximum absolute atomic E-state index is 12.9. The van der Waals surface area contributed by atoms with E-state index in [0.29, 0.717) is 13.0 Å². The third-order valence-corrected chi connectivity index (χ3v) is 5.11. The van der Waals surface area contributed by atoms with Crippen LogP contribution >= 0.6 is 0 Å². The normalized spacial score (nSPS) is 24.4. The molecule has 1 aliphatic carbocycles. The quantitative estimate of drug-likeness (QED) is 0.856. The lowest BCUT2D eigenvalue weighted by Crippen LogP contribution is -2.55. The van der Waals surface area contributed by atoms with E-state index < -0.39 is 0 Å². The fourth-order valence-corrected chi connectivity index (χ4v) is 3.98. The van der Waals surface area contributed by atoms with Gasteiger partial charge in [0.1, 0.15) is 0 Å². The van der Waals surface area contributed by atoms with Gasteiger partial charge in [-0.1, -0.05) is 37.1 Å². The summed E-state index contributed by atoms with van der Waals surface area (Å²) in [6.07, 6.45) is 7.04. The van der Waals surface area contributed by atoms with Crippen LogP contribution in [-0.2, 0) is 16.0 Å². The average molecular weight is 310 g/mol. The SMILES string of the molecule is O=C(Cc1cccc2cccnc12)N1CCO[C@H]2CCCC[C@H]21. The van der Waals surface area contributed by atoms with Crippen molar-refractivity contribution >= 4 is 16.8 Å². The van der Waals surface area contributed by atoms with E-state index in [1.807, 2.05) is 30.3 Å². The van der Waals surface area contributed by atoms with E-state index >= 15 is 0 Å². The molecule has 4 rings (SSSR count). The molecule has 1 aromatic heterocycles. The van der Waals surface area contributed by atoms with Gasteiger partial charge in [0, 0.05) is 18.1 Å². The first kappa shape index (κ1) is 14.6. The van der Waals surface area contributed by atoms with Gasteiger partial charge in [-0.15, -0.1) is 0 Å². The van der Waals surface area contributed by atoms with Crippen molar-refractivity contribution in [1.82, 2.24) is 9.88 Å². The predicted octanol–water partition coefficient (Wildman–Crippen LogP) is 2.95. The van der Waals surface area contributed by atoms with Crippen molar-refractivity contribution in [1.29, 1.82) is 0 Å². The number of para-hydroxylation sites is 1. The smallest absolute Gasteiger partial charge is 0.227 e. The molecule has 120 valence electrons. The van der Waals surface area contributed by atoms with Crippen LogP contribution in [0.4, 0.5) is 0 Å². The van der Waals surface area contributed by atoms with Crippen LogP contribution in [0.2, 0.25) is 0 Å². The number of hydrogen-bond donors (Lipinski definition) is 0. The zero-order valence-corrected chi connectivity index (χ0v) is 13.3. The summed E-state index contributed by atoms with van der Waals surface area (Å²) >= 11 is 0. The summed E-state index contributed by atoms with van der Waals surface area (Å²) in [4.78, 5) is 19.4. The second-order valence-corrected chi connectivity index (χ2v) is 6.52. The maximum Gasteiger partial charge on any atom is 0.227 e. The molecule has 0 unspecified atom stereocenters. The number of morpholine rings is 1. The van der Waals surface area contributed by atoms with Gasteiger partial charge in [-0.2, -0.15) is 0 Å². The number of aromatic nitrogens is 1. The Morgan fingerprint density at radius 2 is 2.09 bits per heavy atom. The Hall–Kier alpha value is -1.94. The van der Waals surface area contributed by atoms with Crippen molar-refractivity contribution in [2.45, 2.75) is 44.2 Å². The maximum atomic E-state index is 12.9. The van der Waals surface area contributed by atoms with Crippen molar-refractivity contribution in [3.8, 4) is 0 Å². The number of amides is 1. The molecule has 4 nitrogen and oxygen atoms in total. The number of benzene rings is 1. The number of carbonyl (C=O) groups is 1. The minimum Gasteiger partial charge on any atom is -0.374 e. The second kappa shape index (κ2) is 6.28. The summed E-state index contributed by atoms with van der Waals surface area (Å²) in [5, 5.41) is 1.09. The van der Waals surface area contributed by atoms with E-state index in [1.165, 1.54) is 12.8 Å². The molecule has 1 saturated heterocycles. The van der Waals surface area contributed by atoms with Gasteiger partial charge in [0.25, 0.3) is 0 Å². The molecule has 1 aromatic carbocycles. The van der Waals surface area contributed by atoms with Gasteiger partial charge in [0.2, 0.25) is 5.91 Å². The molecule has 2 aromatic rings. The van der Waals surface area contributed by atoms with Gasteiger partial charge in [-0.05, 0) is 24.5 Å². The topological polar surface area (TPSA) is 42.4 Å². The van der Waals surface area contributed by atoms with Crippen LogP contribution in [0.25, 0.3) is 10.9 Å². The molecule has 1 saturated carbocycles. The Morgan fingerprint density at radius 3 is 3.04 bits per heavy atom. The summed E-state index contributed by atoms with van der Waals surface area (Å²) in [6.45, 7) is 1.39. The molecular weight excluding hydrogens is 288 g/mol. The number of fused-ring (bicyclic) bond motifs is 2. The minimum absolute atomic E-state index is 0.211. The summed E-state index contributed by atoms with van der Waals surface area (Å²) in [6, 6.07) is 10.3. The molecule has 4 heteroatoms. The van der Waals surface area contributed by atoms with E-state index in [-0.39, 0.29) is 18.1 Å². The molecule has 2 aliphatic rings. The largest absolute Gasteiger partial charge is 0.374 e. The van der Waals surface area contributed by atoms with Gasteiger partial charge < -0.3 is 9.64 Å². The van der Waals surface area contributed by atoms with Crippen LogP contribution in [0, 0.1) is 0 Å². The third-order valence-electron chi connectivity index (χ3n) is 5.11. The van der Waals surface area contributed by atoms with Gasteiger partial charge in [-0.25, -0.2) is 0 Å². The Labute approximate surface area is 136 Å². The number of pyridine rings is 1. The van der Waals surface area contributed by atoms with Crippen molar-refractivity contribution in [3.63, 3.8) is 0 Å². The lowest BCUT2D eigenvalue weighted by molar-refractivity contribution is -0.148. The molecular formula is C19H22N2O2. The summed E-state index contributed by atoms with van der Waals surface area (Å²) in [7, 11) is 0. The lowest BCUT2D eigenvalue weighted by atomic mass is 9.89. The van der Waals surface area contributed by atoms with Crippen molar-refractivity contribution in [3.05, 3.63) is 42.1 Å². The Kier molecular flexibility index (Phi) is 4.00. The van der Waals surface area contributed by atoms with Crippen LogP contribution in [0.1, 0.15) is 31.2 Å². The van der Waals surface area contributed by atoms with Gasteiger partial charge >= 0.3 is 0 Å². The highest BCUT2D eigenvalue weighted by Crippen LogP contribution is 2.29. The van der Waals surface area contributed by atoms with Crippen molar-refractivity contribution < 1.29 is 9.53 Å². The Balaban J connectivity index is 1.56. The molecule has 2 atom stereocenters.